The molecule has 143 heavy (non-hydrogen) atoms. The second-order valence-corrected chi connectivity index (χ2v) is 45.7. The molecule has 3 N–H and O–H groups in total. The number of halogens is 12. The summed E-state index contributed by atoms with van der Waals surface area (Å²) < 4.78 is 48.5. The van der Waals surface area contributed by atoms with Gasteiger partial charge in [-0.2, -0.15) is 0 Å². The molecular weight excluding hydrogens is 2100 g/mol. The summed E-state index contributed by atoms with van der Waals surface area (Å²) in [6.07, 6.45) is 16.6. The number of carboxylic acids is 1. The molecule has 770 valence electrons. The molecule has 4 aromatic heterocycles. The highest BCUT2D eigenvalue weighted by atomic mass is 35.5. The fraction of sp³-hybridized carbons (Fsp3) is 0.495. The van der Waals surface area contributed by atoms with E-state index in [4.69, 9.17) is 181 Å². The monoisotopic (exact) mass is 2200 g/mol. The normalized spacial score (nSPS) is 20.5. The Morgan fingerprint density at radius 2 is 0.727 bits per heavy atom. The topological polar surface area (TPSA) is 383 Å². The second kappa shape index (κ2) is 46.0. The molecule has 4 saturated heterocycles. The molecule has 28 nitrogen and oxygen atoms in total. The van der Waals surface area contributed by atoms with Gasteiger partial charge in [-0.15, -0.1) is 0 Å². The Hall–Kier alpha value is -8.72. The molecule has 10 fully saturated rings. The molecule has 5 aromatic carbocycles. The number of benzene rings is 5. The molecule has 4 aliphatic heterocycles. The molecular formula is C103H113Cl12N7O21. The van der Waals surface area contributed by atoms with Crippen molar-refractivity contribution < 1.29 is 100 Å². The number of oxime groups is 1. The highest BCUT2D eigenvalue weighted by molar-refractivity contribution is 6.71. The van der Waals surface area contributed by atoms with E-state index < -0.39 is 40.3 Å². The number of ether oxygens (including phenoxy) is 5. The first-order valence-electron chi connectivity index (χ1n) is 46.8. The predicted molar refractivity (Wildman–Crippen MR) is 548 cm³/mol. The summed E-state index contributed by atoms with van der Waals surface area (Å²) in [5, 5.41) is 49.6. The van der Waals surface area contributed by atoms with Crippen molar-refractivity contribution in [1.29, 1.82) is 0 Å². The maximum Gasteiger partial charge on any atom is 0.410 e. The quantitative estimate of drug-likeness (QED) is 0.0129. The molecule has 2 amide bonds. The van der Waals surface area contributed by atoms with Crippen LogP contribution in [0.15, 0.2) is 114 Å². The number of rotatable bonds is 19. The highest BCUT2D eigenvalue weighted by Gasteiger charge is 2.54. The SMILES string of the molecule is CC(=O)C1(C)CC1.CC(C)(C)OC(=O)N1[C@@H]2CC[C@H]1CC(O)C2.CC(C)(C)OC(=O)N1[C@@H]2CC[C@H]1CC(OC(=O)c1c(-c3c(Cl)cccc3Cl)noc1C1(C)CC1)C2.CC1(c2onc(-c3c(Cl)cccc3Cl)c2C(=O)Cl)CC1.CC1(c2onc(-c3c(Cl)cccc3Cl)c2C(=O)O)CC1.CCOC(=O)c1c(-c2c(Cl)cccc2Cl)noc1C1(C)CC1.COC(=O)CC(=O)C1(C)CC1.O/N=C(\Cl)c1c(Cl)cccc1Cl. The standard InChI is InChI=1S/C26H30Cl2N2O5.C16H15Cl2NO3.C14H10Cl3NO2.C14H11Cl2NO3.C12H21NO3.C8H12O3.C7H4Cl3NO.C6H10O/c1-25(2,3)34-24(32)30-14-8-9-15(30)13-16(12-14)33-23(31)20-21(19-17(27)6-5-7-18(19)28)29-35-22(20)26(4)10-11-26;1-3-21-15(20)12-13(11-9(17)5-4-6-10(11)18)19-22-14(12)16(2)7-8-16;1-14(5-6-14)12-10(13(17)19)11(18-20-12)9-7(15)3-2-4-8(9)16;1-14(5-6-14)12-10(13(18)19)11(17-20-12)9-7(15)3-2-4-8(9)16;1-12(2,3)16-11(15)13-8-4-5-9(13)7-10(14)6-8;1-8(3-4-8)6(9)5-7(10)11-2;8-4-2-1-3-5(9)6(4)7(10)11-12;1-5(7)6(2)3-4-6/h5-7,14-16H,8-13H2,1-4H3;4-6H,3,7-8H2,1-2H3;2-4H,5-6H2,1H3;2-4H,5-6H2,1H3,(H,18,19);8-10,14H,4-7H2,1-3H3;3-5H2,1-2H3;1-3,12H;3-4H2,1-2H3/b;;;;;;11-7-;/t14-,15+,16?;;;;8-,9+,10?;;;. The van der Waals surface area contributed by atoms with E-state index in [-0.39, 0.29) is 122 Å². The van der Waals surface area contributed by atoms with E-state index in [1.165, 1.54) is 7.11 Å². The van der Waals surface area contributed by atoms with E-state index in [9.17, 15) is 53.4 Å². The molecule has 4 bridgehead atoms. The van der Waals surface area contributed by atoms with Gasteiger partial charge >= 0.3 is 36.1 Å². The Morgan fingerprint density at radius 1 is 0.434 bits per heavy atom. The van der Waals surface area contributed by atoms with Crippen LogP contribution in [0, 0.1) is 10.8 Å². The lowest BCUT2D eigenvalue weighted by Crippen LogP contribution is -2.50. The number of fused-ring (bicyclic) bond motifs is 4. The summed E-state index contributed by atoms with van der Waals surface area (Å²) in [7, 11) is 1.30. The Morgan fingerprint density at radius 3 is 1.00 bits per heavy atom. The molecule has 40 heteroatoms. The van der Waals surface area contributed by atoms with Crippen molar-refractivity contribution in [2.75, 3.05) is 13.7 Å². The number of hydrogen-bond acceptors (Lipinski definition) is 25. The number of aliphatic hydroxyl groups is 1. The zero-order chi connectivity index (χ0) is 105. The number of amides is 2. The smallest absolute Gasteiger partial charge is 0.410 e. The number of aromatic carboxylic acids is 1. The first-order valence-corrected chi connectivity index (χ1v) is 51.4. The number of aromatic nitrogens is 4. The largest absolute Gasteiger partial charge is 0.477 e. The number of aliphatic hydroxyl groups excluding tert-OH is 1. The zero-order valence-corrected chi connectivity index (χ0v) is 90.6. The van der Waals surface area contributed by atoms with E-state index >= 15 is 0 Å². The van der Waals surface area contributed by atoms with E-state index in [1.54, 1.807) is 105 Å². The Labute approximate surface area is 888 Å². The van der Waals surface area contributed by atoms with Gasteiger partial charge in [-0.3, -0.25) is 19.2 Å². The van der Waals surface area contributed by atoms with Crippen molar-refractivity contribution in [1.82, 2.24) is 30.4 Å². The Balaban J connectivity index is 0.000000151. The third-order valence-corrected chi connectivity index (χ3v) is 30.6. The van der Waals surface area contributed by atoms with E-state index in [2.05, 4.69) is 30.5 Å². The molecule has 6 saturated carbocycles. The van der Waals surface area contributed by atoms with E-state index in [1.807, 2.05) is 92.9 Å². The molecule has 6 atom stereocenters. The van der Waals surface area contributed by atoms with Crippen molar-refractivity contribution in [3.05, 3.63) is 192 Å². The average Bonchev–Trinajstić information content (AvgIpc) is 1.61. The lowest BCUT2D eigenvalue weighted by molar-refractivity contribution is -0.144. The average molecular weight is 2210 g/mol. The van der Waals surface area contributed by atoms with Gasteiger partial charge in [0.2, 0.25) is 0 Å². The summed E-state index contributed by atoms with van der Waals surface area (Å²) >= 11 is 72.7. The molecule has 0 spiro atoms. The Bertz CT molecular complexity index is 6060. The minimum atomic E-state index is -1.08. The number of Topliss-reactive ketones (excluding diaryl/α,β-unsaturated/α-hetero) is 2. The first kappa shape index (κ1) is 113. The maximum atomic E-state index is 13.6. The first-order chi connectivity index (χ1) is 67.1. The molecule has 9 aromatic rings. The number of piperidine rings is 2. The second-order valence-electron chi connectivity index (χ2n) is 40.9. The van der Waals surface area contributed by atoms with Gasteiger partial charge in [-0.1, -0.05) is 225 Å². The summed E-state index contributed by atoms with van der Waals surface area (Å²) in [6.45, 7) is 26.9. The van der Waals surface area contributed by atoms with Crippen LogP contribution in [0.4, 0.5) is 9.59 Å². The molecule has 6 aliphatic carbocycles. The summed E-state index contributed by atoms with van der Waals surface area (Å²) in [6, 6.07) is 25.6. The summed E-state index contributed by atoms with van der Waals surface area (Å²) in [5.41, 5.74) is 2.34. The van der Waals surface area contributed by atoms with Gasteiger partial charge in [0, 0.05) is 91.8 Å². The highest BCUT2D eigenvalue weighted by Crippen LogP contribution is 2.57. The van der Waals surface area contributed by atoms with Gasteiger partial charge in [-0.05, 0) is 243 Å². The third kappa shape index (κ3) is 27.3. The van der Waals surface area contributed by atoms with Gasteiger partial charge in [0.15, 0.2) is 28.2 Å². The molecule has 8 heterocycles. The van der Waals surface area contributed by atoms with Crippen molar-refractivity contribution in [2.45, 2.75) is 301 Å². The lowest BCUT2D eigenvalue weighted by atomic mass is 9.97. The van der Waals surface area contributed by atoms with Crippen LogP contribution in [0.3, 0.4) is 0 Å². The van der Waals surface area contributed by atoms with Crippen molar-refractivity contribution in [2.24, 2.45) is 16.0 Å². The number of esters is 3. The van der Waals surface area contributed by atoms with Crippen LogP contribution in [0.5, 0.6) is 0 Å². The van der Waals surface area contributed by atoms with Gasteiger partial charge in [0.05, 0.1) is 75.6 Å². The zero-order valence-electron chi connectivity index (χ0n) is 81.5. The summed E-state index contributed by atoms with van der Waals surface area (Å²) in [5.74, 6) is -0.104. The van der Waals surface area contributed by atoms with Gasteiger partial charge in [0.25, 0.3) is 5.24 Å². The van der Waals surface area contributed by atoms with Crippen LogP contribution in [0.25, 0.3) is 45.0 Å². The van der Waals surface area contributed by atoms with E-state index in [0.717, 1.165) is 103 Å². The summed E-state index contributed by atoms with van der Waals surface area (Å²) in [4.78, 5) is 110. The minimum absolute atomic E-state index is 0.0122. The number of carbonyl (C=O) groups excluding carboxylic acids is 8. The number of carboxylic acid groups (broad SMARTS) is 1. The molecule has 0 radical (unpaired) electrons. The number of hydrogen-bond donors (Lipinski definition) is 3. The van der Waals surface area contributed by atoms with Crippen molar-refractivity contribution in [3.63, 3.8) is 0 Å². The molecule has 10 aliphatic rings. The number of ketones is 2. The number of methoxy groups -OCH3 is 1. The van der Waals surface area contributed by atoms with Crippen LogP contribution >= 0.6 is 139 Å². The van der Waals surface area contributed by atoms with Gasteiger partial charge < -0.3 is 67.0 Å². The van der Waals surface area contributed by atoms with Crippen LogP contribution < -0.4 is 0 Å². The minimum Gasteiger partial charge on any atom is -0.477 e. The fourth-order valence-corrected chi connectivity index (χ4v) is 20.3. The van der Waals surface area contributed by atoms with Crippen molar-refractivity contribution >= 4 is 197 Å². The molecule has 19 rings (SSSR count). The maximum absolute atomic E-state index is 13.6. The van der Waals surface area contributed by atoms with Gasteiger partial charge in [0.1, 0.15) is 80.3 Å². The van der Waals surface area contributed by atoms with Crippen molar-refractivity contribution in [3.8, 4) is 45.0 Å². The van der Waals surface area contributed by atoms with Gasteiger partial charge in [-0.25, -0.2) is 24.0 Å². The third-order valence-electron chi connectivity index (χ3n) is 27.0. The molecule has 2 unspecified atom stereocenters. The van der Waals surface area contributed by atoms with Crippen LogP contribution in [0.1, 0.15) is 302 Å². The number of carbonyl (C=O) groups is 9. The van der Waals surface area contributed by atoms with Crippen LogP contribution in [-0.2, 0) is 59.7 Å². The fourth-order valence-electron chi connectivity index (χ4n) is 17.0. The van der Waals surface area contributed by atoms with Crippen LogP contribution in [0.2, 0.25) is 50.2 Å². The predicted octanol–water partition coefficient (Wildman–Crippen LogP) is 28.7. The number of nitrogens with zero attached hydrogens (tertiary/aromatic N) is 7. The Kier molecular flexibility index (Phi) is 36.3. The lowest BCUT2D eigenvalue weighted by Gasteiger charge is -2.39. The van der Waals surface area contributed by atoms with E-state index in [0.29, 0.717) is 161 Å². The van der Waals surface area contributed by atoms with Crippen LogP contribution in [-0.4, -0.2) is 165 Å².